The van der Waals surface area contributed by atoms with Crippen LogP contribution in [0.25, 0.3) is 10.9 Å². The van der Waals surface area contributed by atoms with Crippen LogP contribution in [-0.4, -0.2) is 67.7 Å². The molecule has 0 atom stereocenters. The van der Waals surface area contributed by atoms with Crippen LogP contribution < -0.4 is 5.32 Å². The molecule has 0 spiro atoms. The first-order chi connectivity index (χ1) is 16.1. The molecule has 2 fully saturated rings. The number of halogens is 3. The number of fused-ring (bicyclic) bond motifs is 1. The van der Waals surface area contributed by atoms with E-state index in [1.54, 1.807) is 38.4 Å². The predicted molar refractivity (Wildman–Crippen MR) is 130 cm³/mol. The number of nitrogens with zero attached hydrogens (tertiary/aromatic N) is 5. The molecule has 2 aliphatic rings. The molecule has 11 heteroatoms. The number of likely N-dealkylation sites (tertiary alicyclic amines) is 1. The normalized spacial score (nSPS) is 19.4. The van der Waals surface area contributed by atoms with Gasteiger partial charge in [0.1, 0.15) is 5.67 Å². The summed E-state index contributed by atoms with van der Waals surface area (Å²) in [6.07, 6.45) is 3.94. The number of rotatable bonds is 6. The number of aliphatic hydroxyl groups is 1. The molecular formula is C23H27Cl2FN6O2. The molecule has 0 saturated carbocycles. The quantitative estimate of drug-likeness (QED) is 0.512. The van der Waals surface area contributed by atoms with E-state index in [-0.39, 0.29) is 6.54 Å². The molecule has 3 aromatic rings. The van der Waals surface area contributed by atoms with Crippen molar-refractivity contribution in [3.63, 3.8) is 0 Å². The Morgan fingerprint density at radius 3 is 2.62 bits per heavy atom. The van der Waals surface area contributed by atoms with Gasteiger partial charge in [0, 0.05) is 35.3 Å². The highest BCUT2D eigenvalue weighted by Crippen LogP contribution is 2.42. The molecule has 2 N–H and O–H groups in total. The van der Waals surface area contributed by atoms with E-state index in [9.17, 15) is 5.11 Å². The zero-order valence-corrected chi connectivity index (χ0v) is 20.6. The van der Waals surface area contributed by atoms with Gasteiger partial charge in [-0.1, -0.05) is 23.2 Å². The maximum absolute atomic E-state index is 16.0. The van der Waals surface area contributed by atoms with Crippen LogP contribution in [0.15, 0.2) is 24.5 Å². The molecule has 34 heavy (non-hydrogen) atoms. The third-order valence-electron chi connectivity index (χ3n) is 6.44. The topological polar surface area (TPSA) is 88.3 Å². The van der Waals surface area contributed by atoms with Gasteiger partial charge in [0.15, 0.2) is 5.15 Å². The minimum Gasteiger partial charge on any atom is -0.389 e. The Labute approximate surface area is 207 Å². The maximum Gasteiger partial charge on any atom is 0.227 e. The Hall–Kier alpha value is -2.04. The maximum atomic E-state index is 16.0. The molecule has 182 valence electrons. The van der Waals surface area contributed by atoms with E-state index in [0.717, 1.165) is 18.6 Å². The number of aromatic nitrogens is 4. The summed E-state index contributed by atoms with van der Waals surface area (Å²) in [5.74, 6) is 0.304. The molecule has 2 saturated heterocycles. The zero-order valence-electron chi connectivity index (χ0n) is 19.1. The van der Waals surface area contributed by atoms with Crippen LogP contribution in [0.5, 0.6) is 0 Å². The van der Waals surface area contributed by atoms with E-state index in [1.807, 2.05) is 0 Å². The van der Waals surface area contributed by atoms with E-state index in [2.05, 4.69) is 25.3 Å². The Morgan fingerprint density at radius 2 is 1.97 bits per heavy atom. The zero-order chi connectivity index (χ0) is 24.1. The third kappa shape index (κ3) is 4.72. The fourth-order valence-electron chi connectivity index (χ4n) is 4.45. The second-order valence-corrected chi connectivity index (χ2v) is 10.5. The monoisotopic (exact) mass is 508 g/mol. The minimum absolute atomic E-state index is 0.234. The van der Waals surface area contributed by atoms with Crippen molar-refractivity contribution in [1.29, 1.82) is 0 Å². The summed E-state index contributed by atoms with van der Waals surface area (Å²) in [5.41, 5.74) is -0.914. The van der Waals surface area contributed by atoms with E-state index in [4.69, 9.17) is 27.9 Å². The highest BCUT2D eigenvalue weighted by molar-refractivity contribution is 6.32. The lowest BCUT2D eigenvalue weighted by molar-refractivity contribution is -0.0856. The molecule has 2 aliphatic heterocycles. The van der Waals surface area contributed by atoms with Crippen molar-refractivity contribution in [2.45, 2.75) is 50.5 Å². The predicted octanol–water partition coefficient (Wildman–Crippen LogP) is 4.31. The minimum atomic E-state index is -1.51. The van der Waals surface area contributed by atoms with Crippen molar-refractivity contribution in [3.8, 4) is 0 Å². The highest BCUT2D eigenvalue weighted by Gasteiger charge is 2.40. The first kappa shape index (κ1) is 23.7. The van der Waals surface area contributed by atoms with Gasteiger partial charge in [0.2, 0.25) is 5.95 Å². The molecule has 1 aromatic carbocycles. The number of benzene rings is 1. The molecule has 0 bridgehead atoms. The standard InChI is InChI=1S/C23H27Cl2FN6O2/c1-22(2,33)13-32-20(25)19(10-28-32)30-21-27-9-14-7-17(24)16(8-18(14)29-21)23(26)3-5-31(6-4-23)15-11-34-12-15/h7-10,15,33H,3-6,11-13H2,1-2H3,(H,27,29,30). The van der Waals surface area contributed by atoms with E-state index < -0.39 is 11.3 Å². The van der Waals surface area contributed by atoms with Gasteiger partial charge in [-0.25, -0.2) is 19.0 Å². The van der Waals surface area contributed by atoms with Gasteiger partial charge in [0.05, 0.1) is 48.8 Å². The Morgan fingerprint density at radius 1 is 1.24 bits per heavy atom. The number of nitrogens with one attached hydrogen (secondary N) is 1. The summed E-state index contributed by atoms with van der Waals surface area (Å²) in [7, 11) is 0. The average molecular weight is 509 g/mol. The highest BCUT2D eigenvalue weighted by atomic mass is 35.5. The van der Waals surface area contributed by atoms with Gasteiger partial charge in [-0.3, -0.25) is 4.90 Å². The van der Waals surface area contributed by atoms with E-state index >= 15 is 4.39 Å². The van der Waals surface area contributed by atoms with Crippen LogP contribution in [0.2, 0.25) is 10.2 Å². The summed E-state index contributed by atoms with van der Waals surface area (Å²) in [5, 5.41) is 18.7. The van der Waals surface area contributed by atoms with Gasteiger partial charge in [-0.15, -0.1) is 0 Å². The fourth-order valence-corrected chi connectivity index (χ4v) is 4.99. The SMILES string of the molecule is CC(C)(O)Cn1ncc(Nc2ncc3cc(Cl)c(C4(F)CCN(C5COC5)CC4)cc3n2)c1Cl. The smallest absolute Gasteiger partial charge is 0.227 e. The van der Waals surface area contributed by atoms with Gasteiger partial charge in [-0.05, 0) is 38.8 Å². The summed E-state index contributed by atoms with van der Waals surface area (Å²) in [6.45, 7) is 6.38. The molecule has 0 unspecified atom stereocenters. The summed E-state index contributed by atoms with van der Waals surface area (Å²) < 4.78 is 22.8. The van der Waals surface area contributed by atoms with Crippen LogP contribution in [0.4, 0.5) is 16.0 Å². The lowest BCUT2D eigenvalue weighted by atomic mass is 9.85. The van der Waals surface area contributed by atoms with Crippen molar-refractivity contribution in [3.05, 3.63) is 40.3 Å². The molecule has 5 rings (SSSR count). The van der Waals surface area contributed by atoms with Crippen molar-refractivity contribution < 1.29 is 14.2 Å². The number of hydrogen-bond donors (Lipinski definition) is 2. The van der Waals surface area contributed by atoms with Crippen LogP contribution in [0.3, 0.4) is 0 Å². The molecule has 4 heterocycles. The average Bonchev–Trinajstić information content (AvgIpc) is 3.06. The molecule has 0 aliphatic carbocycles. The van der Waals surface area contributed by atoms with Gasteiger partial charge >= 0.3 is 0 Å². The van der Waals surface area contributed by atoms with Crippen LogP contribution in [-0.2, 0) is 17.0 Å². The largest absolute Gasteiger partial charge is 0.389 e. The number of hydrogen-bond acceptors (Lipinski definition) is 7. The fraction of sp³-hybridized carbons (Fsp3) is 0.522. The number of piperidine rings is 1. The molecule has 2 aromatic heterocycles. The second kappa shape index (κ2) is 8.87. The summed E-state index contributed by atoms with van der Waals surface area (Å²) >= 11 is 12.9. The van der Waals surface area contributed by atoms with Gasteiger partial charge in [0.25, 0.3) is 0 Å². The van der Waals surface area contributed by atoms with E-state index in [0.29, 0.717) is 64.9 Å². The number of ether oxygens (including phenoxy) is 1. The Balaban J connectivity index is 1.38. The Kier molecular flexibility index (Phi) is 6.18. The first-order valence-electron chi connectivity index (χ1n) is 11.3. The van der Waals surface area contributed by atoms with Crippen molar-refractivity contribution >= 4 is 45.7 Å². The number of anilines is 2. The van der Waals surface area contributed by atoms with Gasteiger partial charge < -0.3 is 15.2 Å². The second-order valence-electron chi connectivity index (χ2n) is 9.72. The van der Waals surface area contributed by atoms with Crippen LogP contribution >= 0.6 is 23.2 Å². The van der Waals surface area contributed by atoms with E-state index in [1.165, 1.54) is 4.68 Å². The summed E-state index contributed by atoms with van der Waals surface area (Å²) in [6, 6.07) is 3.85. The molecular weight excluding hydrogens is 482 g/mol. The van der Waals surface area contributed by atoms with Crippen molar-refractivity contribution in [1.82, 2.24) is 24.6 Å². The summed E-state index contributed by atoms with van der Waals surface area (Å²) in [4.78, 5) is 11.2. The molecule has 8 nitrogen and oxygen atoms in total. The molecule has 0 amide bonds. The lowest BCUT2D eigenvalue weighted by Gasteiger charge is -2.43. The Bertz CT molecular complexity index is 1200. The molecule has 0 radical (unpaired) electrons. The van der Waals surface area contributed by atoms with Crippen molar-refractivity contribution in [2.24, 2.45) is 0 Å². The first-order valence-corrected chi connectivity index (χ1v) is 12.1. The van der Waals surface area contributed by atoms with Gasteiger partial charge in [-0.2, -0.15) is 5.10 Å². The van der Waals surface area contributed by atoms with Crippen molar-refractivity contribution in [2.75, 3.05) is 31.6 Å². The van der Waals surface area contributed by atoms with Crippen LogP contribution in [0, 0.1) is 0 Å². The number of alkyl halides is 1. The lowest BCUT2D eigenvalue weighted by Crippen LogP contribution is -2.53. The third-order valence-corrected chi connectivity index (χ3v) is 7.15. The van der Waals surface area contributed by atoms with Crippen LogP contribution in [0.1, 0.15) is 32.3 Å².